The van der Waals surface area contributed by atoms with Crippen LogP contribution < -0.4 is 15.8 Å². The maximum absolute atomic E-state index is 13.5. The first-order valence-electron chi connectivity index (χ1n) is 16.8. The fourth-order valence-electron chi connectivity index (χ4n) is 7.71. The van der Waals surface area contributed by atoms with Crippen molar-refractivity contribution in [1.82, 2.24) is 29.2 Å². The average molecular weight is 608 g/mol. The van der Waals surface area contributed by atoms with Gasteiger partial charge in [-0.05, 0) is 113 Å². The summed E-state index contributed by atoms with van der Waals surface area (Å²) >= 11 is 0. The molecule has 8 rings (SSSR count). The van der Waals surface area contributed by atoms with Crippen LogP contribution in [0.2, 0.25) is 0 Å². The van der Waals surface area contributed by atoms with Gasteiger partial charge in [0, 0.05) is 36.1 Å². The first kappa shape index (κ1) is 27.3. The van der Waals surface area contributed by atoms with Crippen molar-refractivity contribution >= 4 is 28.4 Å². The van der Waals surface area contributed by atoms with Crippen LogP contribution in [0.3, 0.4) is 0 Å². The molecule has 0 unspecified atom stereocenters. The second-order valence-electron chi connectivity index (χ2n) is 13.7. The van der Waals surface area contributed by atoms with Gasteiger partial charge in [-0.25, -0.2) is 19.3 Å². The number of hydrogen-bond donors (Lipinski definition) is 2. The van der Waals surface area contributed by atoms with Gasteiger partial charge in [0.2, 0.25) is 5.95 Å². The molecule has 0 amide bonds. The number of hydrogen-bond acceptors (Lipinski definition) is 8. The Balaban J connectivity index is 1.06. The average Bonchev–Trinajstić information content (AvgIpc) is 3.82. The van der Waals surface area contributed by atoms with Crippen LogP contribution in [-0.4, -0.2) is 67.5 Å². The summed E-state index contributed by atoms with van der Waals surface area (Å²) in [5.74, 6) is 0.785. The first-order chi connectivity index (χ1) is 22.2. The van der Waals surface area contributed by atoms with E-state index in [1.54, 1.807) is 17.0 Å². The van der Waals surface area contributed by atoms with Crippen LogP contribution >= 0.6 is 0 Å². The third kappa shape index (κ3) is 4.95. The minimum absolute atomic E-state index is 0.238. The Kier molecular flexibility index (Phi) is 6.56. The van der Waals surface area contributed by atoms with Crippen molar-refractivity contribution in [2.75, 3.05) is 43.4 Å². The smallest absolute Gasteiger partial charge is 0.278 e. The molecule has 45 heavy (non-hydrogen) atoms. The molecule has 3 fully saturated rings. The highest BCUT2D eigenvalue weighted by Gasteiger charge is 2.52. The number of piperidine rings is 2. The number of aryl methyl sites for hydroxylation is 1. The van der Waals surface area contributed by atoms with E-state index in [1.165, 1.54) is 49.1 Å². The summed E-state index contributed by atoms with van der Waals surface area (Å²) in [5.41, 5.74) is 3.55. The zero-order chi connectivity index (χ0) is 31.7. The molecule has 2 spiro atoms. The molecule has 3 aromatic heterocycles. The number of nitrogens with zero attached hydrogens (tertiary/aromatic N) is 7. The number of pyridine rings is 1. The zero-order valence-corrected chi connectivity index (χ0v) is 26.0. The molecule has 234 valence electrons. The molecule has 5 heterocycles. The number of benzene rings is 1. The molecule has 2 aliphatic carbocycles. The van der Waals surface area contributed by atoms with Gasteiger partial charge in [-0.3, -0.25) is 4.79 Å². The Hall–Kier alpha value is -4.02. The van der Waals surface area contributed by atoms with Gasteiger partial charge in [0.25, 0.3) is 5.56 Å². The molecule has 0 radical (unpaired) electrons. The summed E-state index contributed by atoms with van der Waals surface area (Å²) in [4.78, 5) is 32.5. The van der Waals surface area contributed by atoms with E-state index in [1.807, 2.05) is 24.3 Å². The molecule has 10 nitrogen and oxygen atoms in total. The zero-order valence-electron chi connectivity index (χ0n) is 27.0. The van der Waals surface area contributed by atoms with E-state index in [0.717, 1.165) is 50.0 Å². The molecule has 10 heteroatoms. The van der Waals surface area contributed by atoms with Crippen LogP contribution in [0.1, 0.15) is 63.7 Å². The molecule has 4 aromatic rings. The molecule has 1 aromatic carbocycles. The maximum Gasteiger partial charge on any atom is 0.278 e. The van der Waals surface area contributed by atoms with Crippen LogP contribution in [0.15, 0.2) is 60.0 Å². The van der Waals surface area contributed by atoms with Gasteiger partial charge in [-0.1, -0.05) is 12.1 Å². The second kappa shape index (κ2) is 10.8. The van der Waals surface area contributed by atoms with E-state index in [-0.39, 0.29) is 12.1 Å². The van der Waals surface area contributed by atoms with Crippen molar-refractivity contribution < 1.29 is 6.48 Å². The highest BCUT2D eigenvalue weighted by Crippen LogP contribution is 2.60. The Morgan fingerprint density at radius 1 is 1.02 bits per heavy atom. The van der Waals surface area contributed by atoms with Crippen LogP contribution in [0.25, 0.3) is 16.9 Å². The summed E-state index contributed by atoms with van der Waals surface area (Å²) in [7, 11) is 2.23. The molecular weight excluding hydrogens is 564 g/mol. The molecule has 1 atom stereocenters. The first-order valence-corrected chi connectivity index (χ1v) is 16.3. The lowest BCUT2D eigenvalue weighted by Crippen LogP contribution is -2.46. The van der Waals surface area contributed by atoms with E-state index in [2.05, 4.69) is 45.9 Å². The minimum atomic E-state index is -1.76. The van der Waals surface area contributed by atoms with Gasteiger partial charge in [-0.15, -0.1) is 6.58 Å². The lowest BCUT2D eigenvalue weighted by molar-refractivity contribution is 0.0734. The van der Waals surface area contributed by atoms with Gasteiger partial charge in [0.05, 0.1) is 13.6 Å². The number of rotatable bonds is 6. The molecular formula is C35H42N8O2. The fraction of sp³-hybridized carbons (Fsp3) is 0.486. The SMILES string of the molecule is [2H][C@@]1(O)c2nc(-n3c4nc(Nc5ccc(N6CCC7(CCN(C)CC7)CC6)cc5)ncc4c(=O)n3CC=C)ccc2CCC12CC2. The number of allylic oxidation sites excluding steroid dienone is 1. The molecule has 4 aliphatic rings. The standard InChI is InChI=1S/C35H42N8O2/c1-3-18-42-32(45)27-23-36-33(39-31(27)43(42)28-9-4-24-10-11-35(12-13-35)30(44)29(24)38-28)37-25-5-7-26(8-6-25)41-21-16-34(17-22-41)14-19-40(2)20-15-34/h3-9,23,30,44H,1,10-22H2,2H3,(H,36,37,39)/t30-/m1/s1/i30D. The van der Waals surface area contributed by atoms with Crippen LogP contribution in [0, 0.1) is 10.8 Å². The van der Waals surface area contributed by atoms with Crippen molar-refractivity contribution in [2.45, 2.75) is 64.0 Å². The highest BCUT2D eigenvalue weighted by molar-refractivity contribution is 5.77. The van der Waals surface area contributed by atoms with Crippen LogP contribution in [-0.2, 0) is 13.0 Å². The minimum Gasteiger partial charge on any atom is -0.386 e. The maximum atomic E-state index is 13.5. The Bertz CT molecular complexity index is 1860. The van der Waals surface area contributed by atoms with Crippen molar-refractivity contribution in [2.24, 2.45) is 10.8 Å². The number of fused-ring (bicyclic) bond motifs is 2. The summed E-state index contributed by atoms with van der Waals surface area (Å²) in [6.07, 6.45) is 9.77. The largest absolute Gasteiger partial charge is 0.386 e. The molecule has 1 saturated carbocycles. The van der Waals surface area contributed by atoms with Crippen LogP contribution in [0.4, 0.5) is 17.3 Å². The Labute approximate surface area is 264 Å². The van der Waals surface area contributed by atoms with Gasteiger partial charge in [0.15, 0.2) is 11.5 Å². The van der Waals surface area contributed by atoms with Crippen molar-refractivity contribution in [3.8, 4) is 5.82 Å². The predicted molar refractivity (Wildman–Crippen MR) is 176 cm³/mol. The van der Waals surface area contributed by atoms with E-state index in [9.17, 15) is 9.90 Å². The predicted octanol–water partition coefficient (Wildman–Crippen LogP) is 4.98. The molecule has 2 N–H and O–H groups in total. The quantitative estimate of drug-likeness (QED) is 0.296. The van der Waals surface area contributed by atoms with Crippen molar-refractivity contribution in [1.29, 1.82) is 0 Å². The number of anilines is 3. The molecule has 0 bridgehead atoms. The summed E-state index contributed by atoms with van der Waals surface area (Å²) in [6, 6.07) is 12.1. The lowest BCUT2D eigenvalue weighted by Gasteiger charge is -2.46. The number of likely N-dealkylation sites (tertiary alicyclic amines) is 1. The Morgan fingerprint density at radius 2 is 1.76 bits per heavy atom. The molecule has 2 saturated heterocycles. The fourth-order valence-corrected chi connectivity index (χ4v) is 7.71. The van der Waals surface area contributed by atoms with E-state index < -0.39 is 11.5 Å². The summed E-state index contributed by atoms with van der Waals surface area (Å²) in [5, 5.41) is 15.0. The monoisotopic (exact) mass is 607 g/mol. The Morgan fingerprint density at radius 3 is 2.47 bits per heavy atom. The lowest BCUT2D eigenvalue weighted by atomic mass is 9.71. The van der Waals surface area contributed by atoms with Gasteiger partial charge >= 0.3 is 0 Å². The topological polar surface area (TPSA) is 104 Å². The third-order valence-electron chi connectivity index (χ3n) is 11.0. The number of nitrogens with one attached hydrogen (secondary N) is 1. The van der Waals surface area contributed by atoms with Crippen molar-refractivity contribution in [3.63, 3.8) is 0 Å². The number of aliphatic hydroxyl groups is 1. The van der Waals surface area contributed by atoms with E-state index in [4.69, 9.17) is 11.3 Å². The third-order valence-corrected chi connectivity index (χ3v) is 11.0. The number of aromatic nitrogens is 5. The van der Waals surface area contributed by atoms with E-state index in [0.29, 0.717) is 33.9 Å². The van der Waals surface area contributed by atoms with Gasteiger partial charge in [0.1, 0.15) is 11.5 Å². The molecule has 2 aliphatic heterocycles. The summed E-state index contributed by atoms with van der Waals surface area (Å²) < 4.78 is 12.1. The van der Waals surface area contributed by atoms with E-state index >= 15 is 0 Å². The van der Waals surface area contributed by atoms with Gasteiger partial charge in [-0.2, -0.15) is 4.98 Å². The normalized spacial score (nSPS) is 24.0. The second-order valence-corrected chi connectivity index (χ2v) is 13.7. The van der Waals surface area contributed by atoms with Crippen molar-refractivity contribution in [3.05, 3.63) is 76.9 Å². The van der Waals surface area contributed by atoms with Crippen LogP contribution in [0.5, 0.6) is 0 Å². The highest BCUT2D eigenvalue weighted by atomic mass is 16.3. The summed E-state index contributed by atoms with van der Waals surface area (Å²) in [6.45, 7) is 8.68. The van der Waals surface area contributed by atoms with Gasteiger partial charge < -0.3 is 20.2 Å².